The van der Waals surface area contributed by atoms with Crippen molar-refractivity contribution in [3.8, 4) is 0 Å². The predicted octanol–water partition coefficient (Wildman–Crippen LogP) is 2.38. The standard InChI is InChI=1S/C10H21BO2/c1-2-3-4-5-6-7-8-9-10-11(12)13/h2,12-13H,1,3-10H2. The van der Waals surface area contributed by atoms with Crippen LogP contribution in [-0.4, -0.2) is 17.2 Å². The highest BCUT2D eigenvalue weighted by atomic mass is 16.4. The average Bonchev–Trinajstić information content (AvgIpc) is 2.09. The average molecular weight is 184 g/mol. The van der Waals surface area contributed by atoms with Crippen LogP contribution < -0.4 is 0 Å². The first kappa shape index (κ1) is 12.7. The quantitative estimate of drug-likeness (QED) is 0.328. The Morgan fingerprint density at radius 2 is 1.46 bits per heavy atom. The molecule has 0 unspecified atom stereocenters. The van der Waals surface area contributed by atoms with Gasteiger partial charge in [0.15, 0.2) is 0 Å². The van der Waals surface area contributed by atoms with Crippen molar-refractivity contribution in [1.82, 2.24) is 0 Å². The fourth-order valence-corrected chi connectivity index (χ4v) is 1.32. The highest BCUT2D eigenvalue weighted by Crippen LogP contribution is 2.09. The molecule has 0 rings (SSSR count). The normalized spacial score (nSPS) is 10.0. The molecule has 0 aromatic carbocycles. The molecular weight excluding hydrogens is 163 g/mol. The first-order valence-corrected chi connectivity index (χ1v) is 5.24. The Morgan fingerprint density at radius 3 is 2.00 bits per heavy atom. The van der Waals surface area contributed by atoms with Gasteiger partial charge in [-0.15, -0.1) is 6.58 Å². The molecule has 0 aliphatic heterocycles. The van der Waals surface area contributed by atoms with Gasteiger partial charge < -0.3 is 10.0 Å². The number of rotatable bonds is 9. The summed E-state index contributed by atoms with van der Waals surface area (Å²) >= 11 is 0. The summed E-state index contributed by atoms with van der Waals surface area (Å²) < 4.78 is 0. The minimum absolute atomic E-state index is 0.520. The second-order valence-electron chi connectivity index (χ2n) is 3.47. The molecule has 0 aromatic heterocycles. The van der Waals surface area contributed by atoms with Crippen molar-refractivity contribution in [3.63, 3.8) is 0 Å². The third kappa shape index (κ3) is 11.7. The summed E-state index contributed by atoms with van der Waals surface area (Å²) in [5.41, 5.74) is 0. The van der Waals surface area contributed by atoms with Crippen molar-refractivity contribution in [2.24, 2.45) is 0 Å². The zero-order valence-electron chi connectivity index (χ0n) is 8.41. The Morgan fingerprint density at radius 1 is 0.923 bits per heavy atom. The fraction of sp³-hybridized carbons (Fsp3) is 0.800. The predicted molar refractivity (Wildman–Crippen MR) is 57.5 cm³/mol. The molecule has 0 amide bonds. The molecule has 0 spiro atoms. The third-order valence-electron chi connectivity index (χ3n) is 2.12. The van der Waals surface area contributed by atoms with Gasteiger partial charge in [-0.05, 0) is 19.2 Å². The van der Waals surface area contributed by atoms with Crippen LogP contribution in [0.3, 0.4) is 0 Å². The summed E-state index contributed by atoms with van der Waals surface area (Å²) in [5, 5.41) is 17.1. The molecule has 0 aliphatic carbocycles. The second kappa shape index (κ2) is 9.81. The van der Waals surface area contributed by atoms with E-state index in [1.165, 1.54) is 25.7 Å². The summed E-state index contributed by atoms with van der Waals surface area (Å²) in [6.45, 7) is 3.67. The molecule has 2 nitrogen and oxygen atoms in total. The molecule has 13 heavy (non-hydrogen) atoms. The molecule has 0 atom stereocenters. The smallest absolute Gasteiger partial charge is 0.427 e. The van der Waals surface area contributed by atoms with E-state index in [2.05, 4.69) is 6.58 Å². The zero-order valence-corrected chi connectivity index (χ0v) is 8.41. The van der Waals surface area contributed by atoms with Gasteiger partial charge in [0.1, 0.15) is 0 Å². The van der Waals surface area contributed by atoms with E-state index >= 15 is 0 Å². The van der Waals surface area contributed by atoms with E-state index in [-0.39, 0.29) is 0 Å². The maximum atomic E-state index is 8.57. The van der Waals surface area contributed by atoms with Crippen molar-refractivity contribution in [2.45, 2.75) is 51.3 Å². The molecule has 0 heterocycles. The van der Waals surface area contributed by atoms with E-state index in [4.69, 9.17) is 10.0 Å². The maximum Gasteiger partial charge on any atom is 0.451 e. The van der Waals surface area contributed by atoms with E-state index in [0.717, 1.165) is 19.3 Å². The van der Waals surface area contributed by atoms with Gasteiger partial charge in [0.25, 0.3) is 0 Å². The molecular formula is C10H21BO2. The molecule has 0 fully saturated rings. The van der Waals surface area contributed by atoms with Crippen molar-refractivity contribution in [3.05, 3.63) is 12.7 Å². The van der Waals surface area contributed by atoms with Gasteiger partial charge in [-0.1, -0.05) is 38.2 Å². The van der Waals surface area contributed by atoms with Gasteiger partial charge in [-0.25, -0.2) is 0 Å². The fourth-order valence-electron chi connectivity index (χ4n) is 1.32. The SMILES string of the molecule is C=CCCCCCCCCB(O)O. The molecule has 0 aliphatic rings. The molecule has 2 N–H and O–H groups in total. The van der Waals surface area contributed by atoms with Crippen LogP contribution in [-0.2, 0) is 0 Å². The highest BCUT2D eigenvalue weighted by Gasteiger charge is 2.04. The second-order valence-corrected chi connectivity index (χ2v) is 3.47. The summed E-state index contributed by atoms with van der Waals surface area (Å²) in [6, 6.07) is 0. The van der Waals surface area contributed by atoms with E-state index < -0.39 is 7.12 Å². The van der Waals surface area contributed by atoms with Crippen LogP contribution in [0.25, 0.3) is 0 Å². The van der Waals surface area contributed by atoms with Crippen LogP contribution in [0.15, 0.2) is 12.7 Å². The van der Waals surface area contributed by atoms with Crippen LogP contribution in [0, 0.1) is 0 Å². The van der Waals surface area contributed by atoms with Crippen LogP contribution in [0.5, 0.6) is 0 Å². The summed E-state index contributed by atoms with van der Waals surface area (Å²) in [7, 11) is -1.11. The van der Waals surface area contributed by atoms with E-state index in [1.54, 1.807) is 0 Å². The van der Waals surface area contributed by atoms with Gasteiger partial charge in [0.05, 0.1) is 0 Å². The summed E-state index contributed by atoms with van der Waals surface area (Å²) in [4.78, 5) is 0. The van der Waals surface area contributed by atoms with Crippen LogP contribution in [0.4, 0.5) is 0 Å². The Balaban J connectivity index is 2.87. The van der Waals surface area contributed by atoms with E-state index in [9.17, 15) is 0 Å². The lowest BCUT2D eigenvalue weighted by Crippen LogP contribution is -2.09. The van der Waals surface area contributed by atoms with Gasteiger partial charge in [0.2, 0.25) is 0 Å². The topological polar surface area (TPSA) is 40.5 Å². The molecule has 0 bridgehead atoms. The number of hydrogen-bond acceptors (Lipinski definition) is 2. The van der Waals surface area contributed by atoms with Gasteiger partial charge in [-0.3, -0.25) is 0 Å². The van der Waals surface area contributed by atoms with Crippen LogP contribution in [0.1, 0.15) is 44.9 Å². The van der Waals surface area contributed by atoms with Crippen LogP contribution >= 0.6 is 0 Å². The van der Waals surface area contributed by atoms with E-state index in [1.807, 2.05) is 6.08 Å². The first-order valence-electron chi connectivity index (χ1n) is 5.24. The number of hydrogen-bond donors (Lipinski definition) is 2. The third-order valence-corrected chi connectivity index (χ3v) is 2.12. The van der Waals surface area contributed by atoms with Crippen LogP contribution in [0.2, 0.25) is 6.32 Å². The summed E-state index contributed by atoms with van der Waals surface area (Å²) in [5.74, 6) is 0. The Labute approximate surface area is 81.8 Å². The lowest BCUT2D eigenvalue weighted by Gasteiger charge is -2.00. The Bertz CT molecular complexity index is 115. The molecule has 0 radical (unpaired) electrons. The highest BCUT2D eigenvalue weighted by molar-refractivity contribution is 6.40. The van der Waals surface area contributed by atoms with Gasteiger partial charge >= 0.3 is 7.12 Å². The minimum atomic E-state index is -1.11. The van der Waals surface area contributed by atoms with Crippen molar-refractivity contribution >= 4 is 7.12 Å². The van der Waals surface area contributed by atoms with Gasteiger partial charge in [-0.2, -0.15) is 0 Å². The van der Waals surface area contributed by atoms with E-state index in [0.29, 0.717) is 6.32 Å². The largest absolute Gasteiger partial charge is 0.451 e. The van der Waals surface area contributed by atoms with Gasteiger partial charge in [0, 0.05) is 0 Å². The molecule has 76 valence electrons. The minimum Gasteiger partial charge on any atom is -0.427 e. The monoisotopic (exact) mass is 184 g/mol. The number of allylic oxidation sites excluding steroid dienone is 1. The zero-order chi connectivity index (χ0) is 9.94. The molecule has 3 heteroatoms. The first-order chi connectivity index (χ1) is 6.27. The number of unbranched alkanes of at least 4 members (excludes halogenated alkanes) is 6. The summed E-state index contributed by atoms with van der Waals surface area (Å²) in [6.07, 6.45) is 10.6. The molecule has 0 aromatic rings. The molecule has 0 saturated carbocycles. The Kier molecular flexibility index (Phi) is 9.60. The lowest BCUT2D eigenvalue weighted by molar-refractivity contribution is 0.401. The maximum absolute atomic E-state index is 8.57. The Hall–Kier alpha value is -0.275. The van der Waals surface area contributed by atoms with Crippen molar-refractivity contribution in [2.75, 3.05) is 0 Å². The lowest BCUT2D eigenvalue weighted by atomic mass is 9.83. The van der Waals surface area contributed by atoms with Crippen molar-refractivity contribution in [1.29, 1.82) is 0 Å². The van der Waals surface area contributed by atoms with Crippen molar-refractivity contribution < 1.29 is 10.0 Å². The molecule has 0 saturated heterocycles.